The normalized spacial score (nSPS) is 22.4. The lowest BCUT2D eigenvalue weighted by Crippen LogP contribution is -2.54. The number of aliphatic hydroxyl groups is 2. The number of nitrogens with zero attached hydrogens (tertiary/aromatic N) is 1. The zero-order valence-corrected chi connectivity index (χ0v) is 26.0. The van der Waals surface area contributed by atoms with Crippen molar-refractivity contribution in [1.29, 1.82) is 0 Å². The minimum atomic E-state index is -1.28. The molecule has 3 aliphatic rings. The Balaban J connectivity index is 1.35. The van der Waals surface area contributed by atoms with Gasteiger partial charge in [-0.2, -0.15) is 0 Å². The molecule has 12 nitrogen and oxygen atoms in total. The van der Waals surface area contributed by atoms with Gasteiger partial charge in [0.1, 0.15) is 24.4 Å². The van der Waals surface area contributed by atoms with Gasteiger partial charge in [-0.3, -0.25) is 14.4 Å². The van der Waals surface area contributed by atoms with E-state index in [1.54, 1.807) is 50.5 Å². The van der Waals surface area contributed by atoms with E-state index in [9.17, 15) is 24.3 Å². The first kappa shape index (κ1) is 33.0. The van der Waals surface area contributed by atoms with E-state index in [0.717, 1.165) is 16.7 Å². The van der Waals surface area contributed by atoms with Gasteiger partial charge >= 0.3 is 5.97 Å². The summed E-state index contributed by atoms with van der Waals surface area (Å²) in [6, 6.07) is 13.2. The molecule has 1 fully saturated rings. The fourth-order valence-corrected chi connectivity index (χ4v) is 5.84. The van der Waals surface area contributed by atoms with E-state index in [0.29, 0.717) is 12.8 Å². The van der Waals surface area contributed by atoms with Gasteiger partial charge in [-0.05, 0) is 47.9 Å². The molecule has 2 aliphatic carbocycles. The summed E-state index contributed by atoms with van der Waals surface area (Å²) in [5, 5.41) is 24.3. The summed E-state index contributed by atoms with van der Waals surface area (Å²) in [7, 11) is 3.31. The van der Waals surface area contributed by atoms with Crippen LogP contribution >= 0.6 is 0 Å². The predicted molar refractivity (Wildman–Crippen MR) is 166 cm³/mol. The number of carbonyl (C=O) groups excluding carboxylic acids is 4. The Morgan fingerprint density at radius 1 is 1.07 bits per heavy atom. The molecule has 3 amide bonds. The second kappa shape index (κ2) is 14.0. The minimum absolute atomic E-state index is 0.0244. The number of esters is 1. The van der Waals surface area contributed by atoms with Crippen LogP contribution in [0.4, 0.5) is 0 Å². The Morgan fingerprint density at radius 2 is 1.74 bits per heavy atom. The maximum Gasteiger partial charge on any atom is 0.338 e. The lowest BCUT2D eigenvalue weighted by molar-refractivity contribution is -0.172. The molecule has 1 aliphatic heterocycles. The summed E-state index contributed by atoms with van der Waals surface area (Å²) in [5.41, 5.74) is 3.38. The molecule has 0 aromatic heterocycles. The smallest absolute Gasteiger partial charge is 0.338 e. The van der Waals surface area contributed by atoms with Crippen molar-refractivity contribution < 1.29 is 43.6 Å². The van der Waals surface area contributed by atoms with Crippen LogP contribution in [0.25, 0.3) is 6.08 Å². The van der Waals surface area contributed by atoms with E-state index >= 15 is 0 Å². The number of amides is 3. The third-order valence-corrected chi connectivity index (χ3v) is 8.23. The highest BCUT2D eigenvalue weighted by Crippen LogP contribution is 2.45. The third-order valence-electron chi connectivity index (χ3n) is 8.23. The SMILES string of the molecule is C[C@H](O)[C@@H](NC(=O)C1=C[C@H]2OC3(Cc4ccccc4C3)O[C@H]2[C@H](OC(=O)c2ccc(C=CC(=O)N(C)C)cc2)C1)C(=O)NCCO. The lowest BCUT2D eigenvalue weighted by Gasteiger charge is -2.31. The van der Waals surface area contributed by atoms with Crippen molar-refractivity contribution in [1.82, 2.24) is 15.5 Å². The van der Waals surface area contributed by atoms with Crippen molar-refractivity contribution in [2.75, 3.05) is 27.2 Å². The molecular weight excluding hydrogens is 594 g/mol. The fraction of sp³-hybridized carbons (Fsp3) is 0.412. The van der Waals surface area contributed by atoms with Gasteiger partial charge in [0.15, 0.2) is 5.79 Å². The number of likely N-dealkylation sites (N-methyl/N-ethyl adjacent to an activating group) is 1. The molecular formula is C34H39N3O9. The van der Waals surface area contributed by atoms with E-state index < -0.39 is 54.0 Å². The van der Waals surface area contributed by atoms with Gasteiger partial charge in [-0.25, -0.2) is 4.79 Å². The molecule has 46 heavy (non-hydrogen) atoms. The molecule has 2 aromatic carbocycles. The van der Waals surface area contributed by atoms with E-state index in [2.05, 4.69) is 10.6 Å². The summed E-state index contributed by atoms with van der Waals surface area (Å²) in [5.74, 6) is -3.07. The Morgan fingerprint density at radius 3 is 2.35 bits per heavy atom. The van der Waals surface area contributed by atoms with Gasteiger partial charge in [0.2, 0.25) is 17.7 Å². The van der Waals surface area contributed by atoms with Crippen LogP contribution in [0.3, 0.4) is 0 Å². The van der Waals surface area contributed by atoms with E-state index in [4.69, 9.17) is 19.3 Å². The second-order valence-electron chi connectivity index (χ2n) is 11.9. The highest BCUT2D eigenvalue weighted by atomic mass is 16.8. The largest absolute Gasteiger partial charge is 0.456 e. The number of fused-ring (bicyclic) bond motifs is 2. The van der Waals surface area contributed by atoms with Crippen LogP contribution in [0.15, 0.2) is 66.3 Å². The number of ether oxygens (including phenoxy) is 3. The van der Waals surface area contributed by atoms with Crippen LogP contribution in [-0.4, -0.2) is 102 Å². The first-order valence-corrected chi connectivity index (χ1v) is 15.2. The molecule has 0 radical (unpaired) electrons. The van der Waals surface area contributed by atoms with Gasteiger partial charge < -0.3 is 40.0 Å². The topological polar surface area (TPSA) is 164 Å². The van der Waals surface area contributed by atoms with Crippen LogP contribution in [-0.2, 0) is 41.4 Å². The van der Waals surface area contributed by atoms with Crippen molar-refractivity contribution in [3.8, 4) is 0 Å². The third kappa shape index (κ3) is 7.37. The molecule has 0 bridgehead atoms. The molecule has 1 saturated heterocycles. The number of benzene rings is 2. The Hall–Kier alpha value is -4.36. The van der Waals surface area contributed by atoms with Crippen molar-refractivity contribution in [2.45, 2.75) is 62.4 Å². The molecule has 4 N–H and O–H groups in total. The maximum absolute atomic E-state index is 13.5. The molecule has 0 saturated carbocycles. The van der Waals surface area contributed by atoms with Gasteiger partial charge in [-0.1, -0.05) is 36.4 Å². The minimum Gasteiger partial charge on any atom is -0.456 e. The maximum atomic E-state index is 13.5. The lowest BCUT2D eigenvalue weighted by atomic mass is 9.91. The highest BCUT2D eigenvalue weighted by Gasteiger charge is 2.55. The van der Waals surface area contributed by atoms with Gasteiger partial charge in [0, 0.05) is 51.6 Å². The predicted octanol–water partition coefficient (Wildman–Crippen LogP) is 0.897. The van der Waals surface area contributed by atoms with Crippen LogP contribution in [0.2, 0.25) is 0 Å². The molecule has 1 heterocycles. The first-order chi connectivity index (χ1) is 22.0. The van der Waals surface area contributed by atoms with E-state index in [1.807, 2.05) is 24.3 Å². The molecule has 5 rings (SSSR count). The quantitative estimate of drug-likeness (QED) is 0.220. The molecule has 0 unspecified atom stereocenters. The van der Waals surface area contributed by atoms with Crippen LogP contribution in [0, 0.1) is 0 Å². The van der Waals surface area contributed by atoms with Crippen molar-refractivity contribution >= 4 is 29.8 Å². The average molecular weight is 634 g/mol. The molecule has 244 valence electrons. The summed E-state index contributed by atoms with van der Waals surface area (Å²) in [6.45, 7) is 1.03. The van der Waals surface area contributed by atoms with E-state index in [1.165, 1.54) is 17.9 Å². The number of rotatable bonds is 10. The molecule has 1 spiro atoms. The summed E-state index contributed by atoms with van der Waals surface area (Å²) in [6.07, 6.45) is 2.11. The Labute approximate surface area is 267 Å². The first-order valence-electron chi connectivity index (χ1n) is 15.2. The Bertz CT molecular complexity index is 1510. The summed E-state index contributed by atoms with van der Waals surface area (Å²) >= 11 is 0. The zero-order valence-electron chi connectivity index (χ0n) is 26.0. The van der Waals surface area contributed by atoms with Crippen LogP contribution in [0.1, 0.15) is 40.4 Å². The van der Waals surface area contributed by atoms with E-state index in [-0.39, 0.29) is 36.6 Å². The molecule has 5 atom stereocenters. The van der Waals surface area contributed by atoms with Gasteiger partial charge in [0.25, 0.3) is 0 Å². The summed E-state index contributed by atoms with van der Waals surface area (Å²) < 4.78 is 19.0. The van der Waals surface area contributed by atoms with Crippen LogP contribution in [0.5, 0.6) is 0 Å². The van der Waals surface area contributed by atoms with Crippen LogP contribution < -0.4 is 10.6 Å². The number of aliphatic hydroxyl groups excluding tert-OH is 2. The average Bonchev–Trinajstić information content (AvgIpc) is 3.59. The Kier molecular flexibility index (Phi) is 10.0. The second-order valence-corrected chi connectivity index (χ2v) is 11.9. The molecule has 2 aromatic rings. The monoisotopic (exact) mass is 633 g/mol. The van der Waals surface area contributed by atoms with Crippen molar-refractivity contribution in [2.24, 2.45) is 0 Å². The van der Waals surface area contributed by atoms with Crippen molar-refractivity contribution in [3.05, 3.63) is 88.5 Å². The standard InChI is InChI=1S/C34H39N3O9/c1-20(39)29(32(42)35-14-15-38)36-31(41)25-16-26(44-33(43)22-11-8-21(9-12-22)10-13-28(40)37(2)3)30-27(17-25)45-34(46-30)18-23-6-4-5-7-24(23)19-34/h4-13,17,20,26-27,29-30,38-39H,14-16,18-19H2,1-3H3,(H,35,42)(H,36,41)/t20-,26+,27+,29+,30-/m0/s1. The number of carbonyl (C=O) groups is 4. The van der Waals surface area contributed by atoms with Gasteiger partial charge in [0.05, 0.1) is 18.3 Å². The summed E-state index contributed by atoms with van der Waals surface area (Å²) in [4.78, 5) is 52.7. The number of hydrogen-bond donors (Lipinski definition) is 4. The fourth-order valence-electron chi connectivity index (χ4n) is 5.84. The number of hydrogen-bond acceptors (Lipinski definition) is 9. The zero-order chi connectivity index (χ0) is 33.0. The van der Waals surface area contributed by atoms with Gasteiger partial charge in [-0.15, -0.1) is 0 Å². The van der Waals surface area contributed by atoms with Crippen molar-refractivity contribution in [3.63, 3.8) is 0 Å². The highest BCUT2D eigenvalue weighted by molar-refractivity contribution is 5.98. The molecule has 12 heteroatoms. The number of nitrogens with one attached hydrogen (secondary N) is 2.